The molecule has 6 nitrogen and oxygen atoms in total. The molecule has 0 saturated heterocycles. The van der Waals surface area contributed by atoms with Crippen LogP contribution in [0, 0.1) is 0 Å². The lowest BCUT2D eigenvalue weighted by atomic mass is 9.86. The van der Waals surface area contributed by atoms with Crippen molar-refractivity contribution in [1.82, 2.24) is 0 Å². The average molecular weight is 496 g/mol. The van der Waals surface area contributed by atoms with Gasteiger partial charge in [0.1, 0.15) is 0 Å². The van der Waals surface area contributed by atoms with Crippen LogP contribution in [0.3, 0.4) is 0 Å². The molecule has 0 fully saturated rings. The number of anilines is 1. The molecule has 0 aliphatic carbocycles. The van der Waals surface area contributed by atoms with Crippen molar-refractivity contribution in [1.29, 1.82) is 0 Å². The van der Waals surface area contributed by atoms with Crippen LogP contribution in [0.1, 0.15) is 43.0 Å². The number of ether oxygens (including phenoxy) is 4. The molecule has 35 heavy (non-hydrogen) atoms. The first-order chi connectivity index (χ1) is 16.9. The summed E-state index contributed by atoms with van der Waals surface area (Å²) < 4.78 is 22.7. The third-order valence-corrected chi connectivity index (χ3v) is 6.57. The minimum atomic E-state index is -0.396. The molecule has 3 aromatic rings. The standard InChI is InChI=1S/C28H30ClNO5/c1-6-17(2)35-26-16-22-19(13-24(26)33-4)14-27(31)30(28(22)18-7-9-20(29)10-8-18)21-11-12-23(32-3)25(15-21)34-5/h7-13,15-17,28H,6,14H2,1-5H3. The van der Waals surface area contributed by atoms with Crippen molar-refractivity contribution in [2.45, 2.75) is 38.8 Å². The molecule has 0 bridgehead atoms. The number of hydrogen-bond acceptors (Lipinski definition) is 5. The highest BCUT2D eigenvalue weighted by Crippen LogP contribution is 2.45. The lowest BCUT2D eigenvalue weighted by molar-refractivity contribution is -0.118. The molecule has 184 valence electrons. The molecule has 2 atom stereocenters. The highest BCUT2D eigenvalue weighted by atomic mass is 35.5. The van der Waals surface area contributed by atoms with Crippen LogP contribution >= 0.6 is 11.6 Å². The van der Waals surface area contributed by atoms with Crippen LogP contribution in [0.25, 0.3) is 0 Å². The van der Waals surface area contributed by atoms with Gasteiger partial charge in [0, 0.05) is 16.8 Å². The number of benzene rings is 3. The highest BCUT2D eigenvalue weighted by molar-refractivity contribution is 6.30. The largest absolute Gasteiger partial charge is 0.493 e. The molecule has 1 amide bonds. The summed E-state index contributed by atoms with van der Waals surface area (Å²) in [5.41, 5.74) is 3.51. The van der Waals surface area contributed by atoms with Crippen molar-refractivity contribution in [3.8, 4) is 23.0 Å². The minimum Gasteiger partial charge on any atom is -0.493 e. The van der Waals surface area contributed by atoms with Gasteiger partial charge >= 0.3 is 0 Å². The van der Waals surface area contributed by atoms with Gasteiger partial charge in [-0.3, -0.25) is 4.79 Å². The van der Waals surface area contributed by atoms with Crippen molar-refractivity contribution in [3.05, 3.63) is 76.3 Å². The molecule has 0 spiro atoms. The maximum atomic E-state index is 13.6. The number of nitrogens with zero attached hydrogens (tertiary/aromatic N) is 1. The van der Waals surface area contributed by atoms with Crippen molar-refractivity contribution in [2.75, 3.05) is 26.2 Å². The number of rotatable bonds is 8. The summed E-state index contributed by atoms with van der Waals surface area (Å²) in [4.78, 5) is 15.4. The van der Waals surface area contributed by atoms with Crippen LogP contribution in [-0.2, 0) is 11.2 Å². The number of hydrogen-bond donors (Lipinski definition) is 0. The predicted molar refractivity (Wildman–Crippen MR) is 137 cm³/mol. The number of halogens is 1. The number of amides is 1. The zero-order valence-corrected chi connectivity index (χ0v) is 21.4. The lowest BCUT2D eigenvalue weighted by Crippen LogP contribution is -2.41. The molecule has 1 heterocycles. The molecular formula is C28H30ClNO5. The second-order valence-corrected chi connectivity index (χ2v) is 8.91. The normalized spacial score (nSPS) is 15.9. The number of carbonyl (C=O) groups is 1. The molecule has 0 aromatic heterocycles. The van der Waals surface area contributed by atoms with Crippen LogP contribution in [0.5, 0.6) is 23.0 Å². The maximum absolute atomic E-state index is 13.6. The fourth-order valence-corrected chi connectivity index (χ4v) is 4.48. The number of carbonyl (C=O) groups excluding carboxylic acids is 1. The fraction of sp³-hybridized carbons (Fsp3) is 0.321. The van der Waals surface area contributed by atoms with Crippen LogP contribution in [0.15, 0.2) is 54.6 Å². The van der Waals surface area contributed by atoms with Gasteiger partial charge in [0.25, 0.3) is 0 Å². The molecule has 1 aliphatic heterocycles. The third-order valence-electron chi connectivity index (χ3n) is 6.32. The van der Waals surface area contributed by atoms with Gasteiger partial charge in [-0.15, -0.1) is 0 Å². The van der Waals surface area contributed by atoms with E-state index in [2.05, 4.69) is 6.92 Å². The fourth-order valence-electron chi connectivity index (χ4n) is 4.35. The molecule has 0 radical (unpaired) electrons. The van der Waals surface area contributed by atoms with E-state index in [1.807, 2.05) is 55.5 Å². The first-order valence-electron chi connectivity index (χ1n) is 11.6. The van der Waals surface area contributed by atoms with E-state index in [-0.39, 0.29) is 18.4 Å². The molecule has 0 N–H and O–H groups in total. The van der Waals surface area contributed by atoms with E-state index in [4.69, 9.17) is 30.5 Å². The summed E-state index contributed by atoms with van der Waals surface area (Å²) in [5.74, 6) is 2.38. The maximum Gasteiger partial charge on any atom is 0.232 e. The van der Waals surface area contributed by atoms with Gasteiger partial charge in [-0.05, 0) is 66.4 Å². The molecule has 3 aromatic carbocycles. The van der Waals surface area contributed by atoms with E-state index in [0.29, 0.717) is 33.7 Å². The predicted octanol–water partition coefficient (Wildman–Crippen LogP) is 6.22. The Bertz CT molecular complexity index is 1210. The summed E-state index contributed by atoms with van der Waals surface area (Å²) in [7, 11) is 4.78. The Kier molecular flexibility index (Phi) is 7.41. The Morgan fingerprint density at radius 1 is 0.914 bits per heavy atom. The van der Waals surface area contributed by atoms with E-state index >= 15 is 0 Å². The zero-order valence-electron chi connectivity index (χ0n) is 20.6. The Hall–Kier alpha value is -3.38. The van der Waals surface area contributed by atoms with Gasteiger partial charge in [-0.2, -0.15) is 0 Å². The topological polar surface area (TPSA) is 57.2 Å². The summed E-state index contributed by atoms with van der Waals surface area (Å²) in [5, 5.41) is 0.629. The smallest absolute Gasteiger partial charge is 0.232 e. The molecule has 1 aliphatic rings. The zero-order chi connectivity index (χ0) is 25.1. The Morgan fingerprint density at radius 2 is 1.57 bits per heavy atom. The first kappa shape index (κ1) is 24.7. The van der Waals surface area contributed by atoms with Crippen LogP contribution < -0.4 is 23.8 Å². The van der Waals surface area contributed by atoms with Crippen molar-refractivity contribution in [2.24, 2.45) is 0 Å². The monoisotopic (exact) mass is 495 g/mol. The van der Waals surface area contributed by atoms with Gasteiger partial charge in [-0.1, -0.05) is 30.7 Å². The van der Waals surface area contributed by atoms with E-state index in [0.717, 1.165) is 23.1 Å². The van der Waals surface area contributed by atoms with Crippen LogP contribution in [-0.4, -0.2) is 33.3 Å². The molecular weight excluding hydrogens is 466 g/mol. The first-order valence-corrected chi connectivity index (χ1v) is 11.9. The SMILES string of the molecule is CCC(C)Oc1cc2c(cc1OC)CC(=O)N(c1ccc(OC)c(OC)c1)C2c1ccc(Cl)cc1. The van der Waals surface area contributed by atoms with Crippen molar-refractivity contribution in [3.63, 3.8) is 0 Å². The van der Waals surface area contributed by atoms with E-state index in [1.54, 1.807) is 32.3 Å². The van der Waals surface area contributed by atoms with Crippen LogP contribution in [0.4, 0.5) is 5.69 Å². The summed E-state index contributed by atoms with van der Waals surface area (Å²) in [6, 6.07) is 16.6. The van der Waals surface area contributed by atoms with Gasteiger partial charge in [0.15, 0.2) is 23.0 Å². The molecule has 0 saturated carbocycles. The molecule has 2 unspecified atom stereocenters. The van der Waals surface area contributed by atoms with E-state index in [9.17, 15) is 4.79 Å². The lowest BCUT2D eigenvalue weighted by Gasteiger charge is -2.38. The summed E-state index contributed by atoms with van der Waals surface area (Å²) in [6.45, 7) is 4.10. The van der Waals surface area contributed by atoms with Crippen LogP contribution in [0.2, 0.25) is 5.02 Å². The van der Waals surface area contributed by atoms with E-state index < -0.39 is 6.04 Å². The molecule has 7 heteroatoms. The quantitative estimate of drug-likeness (QED) is 0.371. The van der Waals surface area contributed by atoms with Gasteiger partial charge in [0.2, 0.25) is 5.91 Å². The summed E-state index contributed by atoms with van der Waals surface area (Å²) in [6.07, 6.45) is 1.10. The van der Waals surface area contributed by atoms with Crippen molar-refractivity contribution >= 4 is 23.2 Å². The Labute approximate surface area is 211 Å². The number of methoxy groups -OCH3 is 3. The van der Waals surface area contributed by atoms with Gasteiger partial charge in [0.05, 0.1) is 39.9 Å². The average Bonchev–Trinajstić information content (AvgIpc) is 2.87. The minimum absolute atomic E-state index is 0.0168. The van der Waals surface area contributed by atoms with E-state index in [1.165, 1.54) is 0 Å². The Morgan fingerprint density at radius 3 is 2.20 bits per heavy atom. The van der Waals surface area contributed by atoms with Crippen molar-refractivity contribution < 1.29 is 23.7 Å². The third kappa shape index (κ3) is 4.89. The second kappa shape index (κ2) is 10.5. The molecule has 4 rings (SSSR count). The second-order valence-electron chi connectivity index (χ2n) is 8.47. The van der Waals surface area contributed by atoms with Gasteiger partial charge in [-0.25, -0.2) is 0 Å². The Balaban J connectivity index is 1.92. The highest BCUT2D eigenvalue weighted by Gasteiger charge is 2.36. The number of fused-ring (bicyclic) bond motifs is 1. The van der Waals surface area contributed by atoms with Gasteiger partial charge < -0.3 is 23.8 Å². The summed E-state index contributed by atoms with van der Waals surface area (Å²) >= 11 is 6.20.